The van der Waals surface area contributed by atoms with Crippen LogP contribution in [-0.4, -0.2) is 55.4 Å². The Labute approximate surface area is 180 Å². The normalized spacial score (nSPS) is 10.2. The SMILES string of the molecule is CCOC(=O)C(=CNc1ccc(F)c(-c2cccnc2)c1N(C)CCO)C(=O)OCC. The Bertz CT molecular complexity index is 914. The molecule has 2 N–H and O–H groups in total. The van der Waals surface area contributed by atoms with Crippen molar-refractivity contribution in [3.8, 4) is 11.1 Å². The average Bonchev–Trinajstić information content (AvgIpc) is 2.75. The van der Waals surface area contributed by atoms with Gasteiger partial charge in [-0.3, -0.25) is 4.98 Å². The molecule has 2 aromatic rings. The van der Waals surface area contributed by atoms with Crippen molar-refractivity contribution in [2.75, 3.05) is 43.6 Å². The van der Waals surface area contributed by atoms with Gasteiger partial charge >= 0.3 is 11.9 Å². The van der Waals surface area contributed by atoms with Crippen LogP contribution >= 0.6 is 0 Å². The van der Waals surface area contributed by atoms with Crippen LogP contribution in [0.2, 0.25) is 0 Å². The van der Waals surface area contributed by atoms with E-state index in [4.69, 9.17) is 9.47 Å². The number of ether oxygens (including phenoxy) is 2. The summed E-state index contributed by atoms with van der Waals surface area (Å²) >= 11 is 0. The lowest BCUT2D eigenvalue weighted by molar-refractivity contribution is -0.146. The summed E-state index contributed by atoms with van der Waals surface area (Å²) in [6.07, 6.45) is 4.28. The van der Waals surface area contributed by atoms with E-state index in [0.717, 1.165) is 0 Å². The van der Waals surface area contributed by atoms with Crippen LogP contribution in [0.5, 0.6) is 0 Å². The smallest absolute Gasteiger partial charge is 0.347 e. The molecule has 0 amide bonds. The van der Waals surface area contributed by atoms with Gasteiger partial charge in [0.05, 0.1) is 31.2 Å². The quantitative estimate of drug-likeness (QED) is 0.256. The van der Waals surface area contributed by atoms with E-state index in [-0.39, 0.29) is 37.5 Å². The molecule has 1 aromatic carbocycles. The highest BCUT2D eigenvalue weighted by Gasteiger charge is 2.23. The third-order valence-corrected chi connectivity index (χ3v) is 4.26. The molecule has 0 saturated carbocycles. The first-order valence-corrected chi connectivity index (χ1v) is 9.80. The van der Waals surface area contributed by atoms with Crippen molar-refractivity contribution in [1.29, 1.82) is 0 Å². The van der Waals surface area contributed by atoms with Gasteiger partial charge in [-0.05, 0) is 32.0 Å². The molecule has 0 saturated heterocycles. The predicted octanol–water partition coefficient (Wildman–Crippen LogP) is 2.74. The number of hydrogen-bond donors (Lipinski definition) is 2. The van der Waals surface area contributed by atoms with Crippen molar-refractivity contribution >= 4 is 23.3 Å². The molecule has 2 rings (SSSR count). The van der Waals surface area contributed by atoms with Crippen LogP contribution in [-0.2, 0) is 19.1 Å². The van der Waals surface area contributed by atoms with E-state index in [1.807, 2.05) is 0 Å². The van der Waals surface area contributed by atoms with Crippen LogP contribution in [0.4, 0.5) is 15.8 Å². The minimum absolute atomic E-state index is 0.0851. The number of carbonyl (C=O) groups is 2. The zero-order chi connectivity index (χ0) is 22.8. The number of aromatic nitrogens is 1. The Hall–Kier alpha value is -3.46. The molecular formula is C22H26FN3O5. The maximum atomic E-state index is 14.9. The fraction of sp³-hybridized carbons (Fsp3) is 0.318. The highest BCUT2D eigenvalue weighted by molar-refractivity contribution is 6.14. The summed E-state index contributed by atoms with van der Waals surface area (Å²) in [7, 11) is 1.69. The number of likely N-dealkylation sites (N-methyl/N-ethyl adjacent to an activating group) is 1. The van der Waals surface area contributed by atoms with Crippen LogP contribution < -0.4 is 10.2 Å². The van der Waals surface area contributed by atoms with Crippen molar-refractivity contribution in [3.05, 3.63) is 54.2 Å². The molecule has 0 atom stereocenters. The van der Waals surface area contributed by atoms with Crippen LogP contribution in [0, 0.1) is 5.82 Å². The molecule has 0 unspecified atom stereocenters. The van der Waals surface area contributed by atoms with Crippen molar-refractivity contribution in [2.45, 2.75) is 13.8 Å². The van der Waals surface area contributed by atoms with Crippen LogP contribution in [0.15, 0.2) is 48.4 Å². The second-order valence-corrected chi connectivity index (χ2v) is 6.35. The van der Waals surface area contributed by atoms with E-state index >= 15 is 0 Å². The van der Waals surface area contributed by atoms with Gasteiger partial charge < -0.3 is 24.8 Å². The fourth-order valence-corrected chi connectivity index (χ4v) is 2.90. The van der Waals surface area contributed by atoms with Crippen molar-refractivity contribution in [3.63, 3.8) is 0 Å². The highest BCUT2D eigenvalue weighted by atomic mass is 19.1. The standard InChI is InChI=1S/C22H26FN3O5/c1-4-30-21(28)16(22(29)31-5-2)14-25-18-9-8-17(23)19(15-7-6-10-24-13-15)20(18)26(3)11-12-27/h6-10,13-14,25,27H,4-5,11-12H2,1-3H3. The first kappa shape index (κ1) is 23.8. The zero-order valence-corrected chi connectivity index (χ0v) is 17.7. The van der Waals surface area contributed by atoms with E-state index in [1.165, 1.54) is 24.5 Å². The van der Waals surface area contributed by atoms with Gasteiger partial charge in [0.1, 0.15) is 5.82 Å². The minimum Gasteiger partial charge on any atom is -0.462 e. The summed E-state index contributed by atoms with van der Waals surface area (Å²) in [5, 5.41) is 12.3. The lowest BCUT2D eigenvalue weighted by Gasteiger charge is -2.25. The summed E-state index contributed by atoms with van der Waals surface area (Å²) in [5.41, 5.74) is 1.29. The summed E-state index contributed by atoms with van der Waals surface area (Å²) < 4.78 is 24.7. The van der Waals surface area contributed by atoms with Crippen molar-refractivity contribution in [2.24, 2.45) is 0 Å². The van der Waals surface area contributed by atoms with Crippen LogP contribution in [0.25, 0.3) is 11.1 Å². The Balaban J connectivity index is 2.57. The molecule has 0 radical (unpaired) electrons. The number of esters is 2. The lowest BCUT2D eigenvalue weighted by Crippen LogP contribution is -2.24. The average molecular weight is 431 g/mol. The molecule has 0 fully saturated rings. The summed E-state index contributed by atoms with van der Waals surface area (Å²) in [4.78, 5) is 30.1. The molecule has 0 spiro atoms. The third-order valence-electron chi connectivity index (χ3n) is 4.26. The molecule has 166 valence electrons. The molecule has 0 bridgehead atoms. The molecular weight excluding hydrogens is 405 g/mol. The zero-order valence-electron chi connectivity index (χ0n) is 17.7. The van der Waals surface area contributed by atoms with Gasteiger partial charge in [-0.2, -0.15) is 0 Å². The number of hydrogen-bond acceptors (Lipinski definition) is 8. The van der Waals surface area contributed by atoms with Crippen molar-refractivity contribution < 1.29 is 28.6 Å². The fourth-order valence-electron chi connectivity index (χ4n) is 2.90. The van der Waals surface area contributed by atoms with Gasteiger partial charge in [-0.1, -0.05) is 6.07 Å². The summed E-state index contributed by atoms with van der Waals surface area (Å²) in [6.45, 7) is 3.47. The second-order valence-electron chi connectivity index (χ2n) is 6.35. The summed E-state index contributed by atoms with van der Waals surface area (Å²) in [5.74, 6) is -2.17. The van der Waals surface area contributed by atoms with Gasteiger partial charge in [0, 0.05) is 43.3 Å². The van der Waals surface area contributed by atoms with Crippen LogP contribution in [0.1, 0.15) is 13.8 Å². The second kappa shape index (κ2) is 11.7. The number of rotatable bonds is 10. The Morgan fingerprint density at radius 3 is 2.42 bits per heavy atom. The predicted molar refractivity (Wildman–Crippen MR) is 115 cm³/mol. The molecule has 0 aliphatic rings. The number of nitrogens with zero attached hydrogens (tertiary/aromatic N) is 2. The van der Waals surface area contributed by atoms with Gasteiger partial charge in [0.25, 0.3) is 0 Å². The van der Waals surface area contributed by atoms with Crippen molar-refractivity contribution in [1.82, 2.24) is 4.98 Å². The first-order chi connectivity index (χ1) is 14.9. The number of anilines is 2. The van der Waals surface area contributed by atoms with E-state index in [2.05, 4.69) is 10.3 Å². The topological polar surface area (TPSA) is 101 Å². The molecule has 31 heavy (non-hydrogen) atoms. The van der Waals surface area contributed by atoms with Gasteiger partial charge in [0.15, 0.2) is 5.57 Å². The number of pyridine rings is 1. The monoisotopic (exact) mass is 431 g/mol. The van der Waals surface area contributed by atoms with Gasteiger partial charge in [0.2, 0.25) is 0 Å². The van der Waals surface area contributed by atoms with E-state index in [1.54, 1.807) is 44.1 Å². The molecule has 0 aliphatic heterocycles. The van der Waals surface area contributed by atoms with Gasteiger partial charge in [-0.25, -0.2) is 14.0 Å². The molecule has 1 aromatic heterocycles. The Kier molecular flexibility index (Phi) is 8.95. The molecule has 9 heteroatoms. The molecule has 0 aliphatic carbocycles. The van der Waals surface area contributed by atoms with E-state index in [0.29, 0.717) is 16.9 Å². The first-order valence-electron chi connectivity index (χ1n) is 9.80. The number of nitrogens with one attached hydrogen (secondary N) is 1. The minimum atomic E-state index is -0.840. The third kappa shape index (κ3) is 6.02. The Morgan fingerprint density at radius 2 is 1.87 bits per heavy atom. The van der Waals surface area contributed by atoms with Gasteiger partial charge in [-0.15, -0.1) is 0 Å². The molecule has 1 heterocycles. The van der Waals surface area contributed by atoms with Crippen LogP contribution in [0.3, 0.4) is 0 Å². The molecule has 8 nitrogen and oxygen atoms in total. The number of halogens is 1. The van der Waals surface area contributed by atoms with E-state index in [9.17, 15) is 19.1 Å². The number of aliphatic hydroxyl groups excluding tert-OH is 1. The maximum absolute atomic E-state index is 14.9. The Morgan fingerprint density at radius 1 is 1.19 bits per heavy atom. The van der Waals surface area contributed by atoms with E-state index < -0.39 is 17.8 Å². The largest absolute Gasteiger partial charge is 0.462 e. The highest BCUT2D eigenvalue weighted by Crippen LogP contribution is 2.38. The maximum Gasteiger partial charge on any atom is 0.347 e. The summed E-state index contributed by atoms with van der Waals surface area (Å²) in [6, 6.07) is 6.14. The lowest BCUT2D eigenvalue weighted by atomic mass is 10.0. The number of benzene rings is 1. The number of aliphatic hydroxyl groups is 1. The number of carbonyl (C=O) groups excluding carboxylic acids is 2.